The van der Waals surface area contributed by atoms with E-state index in [9.17, 15) is 9.59 Å². The Morgan fingerprint density at radius 2 is 1.12 bits per heavy atom. The first-order valence-electron chi connectivity index (χ1n) is 10.0. The van der Waals surface area contributed by atoms with Gasteiger partial charge in [-0.05, 0) is 36.4 Å². The molecule has 0 aliphatic rings. The lowest BCUT2D eigenvalue weighted by Gasteiger charge is -2.12. The van der Waals surface area contributed by atoms with Crippen LogP contribution < -0.4 is 18.9 Å². The minimum Gasteiger partial charge on any atom is -0.493 e. The highest BCUT2D eigenvalue weighted by Gasteiger charge is 2.11. The number of benzene rings is 2. The monoisotopic (exact) mass is 456 g/mol. The van der Waals surface area contributed by atoms with E-state index in [0.717, 1.165) is 0 Å². The molecule has 176 valence electrons. The third-order valence-corrected chi connectivity index (χ3v) is 4.35. The maximum atomic E-state index is 12.3. The van der Waals surface area contributed by atoms with Crippen molar-refractivity contribution in [2.45, 2.75) is 6.42 Å². The third-order valence-electron chi connectivity index (χ3n) is 4.35. The quantitative estimate of drug-likeness (QED) is 0.240. The van der Waals surface area contributed by atoms with Crippen molar-refractivity contribution >= 4 is 23.7 Å². The van der Waals surface area contributed by atoms with E-state index in [4.69, 9.17) is 28.4 Å². The number of rotatable bonds is 14. The van der Waals surface area contributed by atoms with Crippen molar-refractivity contribution in [3.8, 4) is 23.0 Å². The van der Waals surface area contributed by atoms with E-state index in [1.165, 1.54) is 40.6 Å². The largest absolute Gasteiger partial charge is 0.493 e. The second kappa shape index (κ2) is 13.7. The van der Waals surface area contributed by atoms with Gasteiger partial charge in [0.2, 0.25) is 0 Å². The number of ether oxygens (including phenoxy) is 6. The first kappa shape index (κ1) is 25.6. The fourth-order valence-corrected chi connectivity index (χ4v) is 2.85. The summed E-state index contributed by atoms with van der Waals surface area (Å²) in [7, 11) is 6.05. The Kier molecular flexibility index (Phi) is 10.7. The van der Waals surface area contributed by atoms with Crippen LogP contribution in [0.5, 0.6) is 23.0 Å². The van der Waals surface area contributed by atoms with E-state index in [2.05, 4.69) is 0 Å². The molecule has 0 saturated heterocycles. The molecule has 2 aromatic rings. The molecule has 0 unspecified atom stereocenters. The third kappa shape index (κ3) is 7.78. The Morgan fingerprint density at radius 1 is 0.697 bits per heavy atom. The SMILES string of the molecule is COCOc1c(/C=C/C(=O)CC(=O)/C=C/c2cccc(OC)c2OCOC)cccc1OC. The van der Waals surface area contributed by atoms with Gasteiger partial charge in [-0.15, -0.1) is 0 Å². The van der Waals surface area contributed by atoms with Gasteiger partial charge in [-0.2, -0.15) is 0 Å². The van der Waals surface area contributed by atoms with Gasteiger partial charge < -0.3 is 28.4 Å². The summed E-state index contributed by atoms with van der Waals surface area (Å²) in [5, 5.41) is 0. The summed E-state index contributed by atoms with van der Waals surface area (Å²) in [6, 6.07) is 10.6. The molecule has 0 heterocycles. The van der Waals surface area contributed by atoms with Gasteiger partial charge in [0.1, 0.15) is 0 Å². The molecule has 8 nitrogen and oxygen atoms in total. The molecule has 0 fully saturated rings. The van der Waals surface area contributed by atoms with Crippen molar-refractivity contribution in [2.75, 3.05) is 42.0 Å². The number of methoxy groups -OCH3 is 4. The number of ketones is 2. The lowest BCUT2D eigenvalue weighted by atomic mass is 10.1. The van der Waals surface area contributed by atoms with Crippen LogP contribution >= 0.6 is 0 Å². The molecular formula is C25H28O8. The number of hydrogen-bond donors (Lipinski definition) is 0. The second-order valence-electron chi connectivity index (χ2n) is 6.64. The number of allylic oxidation sites excluding steroid dienone is 2. The highest BCUT2D eigenvalue weighted by molar-refractivity contribution is 6.11. The van der Waals surface area contributed by atoms with Crippen LogP contribution in [0.2, 0.25) is 0 Å². The minimum atomic E-state index is -0.355. The molecule has 0 bridgehead atoms. The highest BCUT2D eigenvalue weighted by atomic mass is 16.7. The Hall–Kier alpha value is -3.62. The summed E-state index contributed by atoms with van der Waals surface area (Å²) in [4.78, 5) is 24.7. The van der Waals surface area contributed by atoms with Gasteiger partial charge in [-0.1, -0.05) is 24.3 Å². The minimum absolute atomic E-state index is 0.0266. The molecule has 2 rings (SSSR count). The van der Waals surface area contributed by atoms with Crippen LogP contribution in [-0.2, 0) is 19.1 Å². The fourth-order valence-electron chi connectivity index (χ4n) is 2.85. The molecule has 0 amide bonds. The standard InChI is InChI=1S/C25H28O8/c1-28-16-32-24-18(7-5-9-22(24)30-3)11-13-20(26)15-21(27)14-12-19-8-6-10-23(31-4)25(19)33-17-29-2/h5-14H,15-17H2,1-4H3/b13-11+,14-12+. The van der Waals surface area contributed by atoms with Gasteiger partial charge in [0.25, 0.3) is 0 Å². The number of carbonyl (C=O) groups excluding carboxylic acids is 2. The highest BCUT2D eigenvalue weighted by Crippen LogP contribution is 2.33. The number of carbonyl (C=O) groups is 2. The van der Waals surface area contributed by atoms with Crippen molar-refractivity contribution in [1.29, 1.82) is 0 Å². The van der Waals surface area contributed by atoms with Crippen molar-refractivity contribution < 1.29 is 38.0 Å². The molecule has 33 heavy (non-hydrogen) atoms. The van der Waals surface area contributed by atoms with E-state index in [-0.39, 0.29) is 31.6 Å². The molecule has 0 aromatic heterocycles. The zero-order valence-electron chi connectivity index (χ0n) is 19.2. The molecule has 0 spiro atoms. The summed E-state index contributed by atoms with van der Waals surface area (Å²) in [6.45, 7) is 0.0532. The van der Waals surface area contributed by atoms with Crippen LogP contribution in [0.15, 0.2) is 48.6 Å². The van der Waals surface area contributed by atoms with Crippen molar-refractivity contribution in [2.24, 2.45) is 0 Å². The Labute approximate surface area is 193 Å². The molecule has 0 aliphatic heterocycles. The predicted molar refractivity (Wildman–Crippen MR) is 124 cm³/mol. The van der Waals surface area contributed by atoms with Crippen LogP contribution in [-0.4, -0.2) is 53.6 Å². The van der Waals surface area contributed by atoms with E-state index >= 15 is 0 Å². The number of para-hydroxylation sites is 2. The average molecular weight is 456 g/mol. The summed E-state index contributed by atoms with van der Waals surface area (Å²) < 4.78 is 31.6. The smallest absolute Gasteiger partial charge is 0.188 e. The van der Waals surface area contributed by atoms with Gasteiger partial charge in [0.15, 0.2) is 48.2 Å². The van der Waals surface area contributed by atoms with E-state index in [0.29, 0.717) is 34.1 Å². The zero-order valence-corrected chi connectivity index (χ0v) is 19.2. The van der Waals surface area contributed by atoms with E-state index in [1.807, 2.05) is 0 Å². The van der Waals surface area contributed by atoms with E-state index in [1.54, 1.807) is 48.6 Å². The maximum absolute atomic E-state index is 12.3. The molecule has 8 heteroatoms. The Morgan fingerprint density at radius 3 is 1.48 bits per heavy atom. The molecule has 2 aromatic carbocycles. The Balaban J connectivity index is 2.08. The zero-order chi connectivity index (χ0) is 24.1. The molecule has 0 radical (unpaired) electrons. The van der Waals surface area contributed by atoms with Crippen LogP contribution in [0.4, 0.5) is 0 Å². The van der Waals surface area contributed by atoms with Gasteiger partial charge in [-0.25, -0.2) is 0 Å². The molecule has 0 aliphatic carbocycles. The normalized spacial score (nSPS) is 11.0. The van der Waals surface area contributed by atoms with Gasteiger partial charge in [0.05, 0.1) is 20.6 Å². The van der Waals surface area contributed by atoms with Crippen LogP contribution in [0, 0.1) is 0 Å². The van der Waals surface area contributed by atoms with Gasteiger partial charge >= 0.3 is 0 Å². The van der Waals surface area contributed by atoms with Crippen LogP contribution in [0.3, 0.4) is 0 Å². The molecule has 0 atom stereocenters. The molecule has 0 N–H and O–H groups in total. The number of hydrogen-bond acceptors (Lipinski definition) is 8. The lowest BCUT2D eigenvalue weighted by Crippen LogP contribution is -2.04. The summed E-state index contributed by atoms with van der Waals surface area (Å²) in [5.74, 6) is 1.19. The van der Waals surface area contributed by atoms with Crippen molar-refractivity contribution in [3.63, 3.8) is 0 Å². The lowest BCUT2D eigenvalue weighted by molar-refractivity contribution is -0.121. The van der Waals surface area contributed by atoms with E-state index < -0.39 is 0 Å². The summed E-state index contributed by atoms with van der Waals surface area (Å²) in [5.41, 5.74) is 1.25. The fraction of sp³-hybridized carbons (Fsp3) is 0.280. The summed E-state index contributed by atoms with van der Waals surface area (Å²) in [6.07, 6.45) is 5.53. The van der Waals surface area contributed by atoms with Crippen molar-refractivity contribution in [3.05, 3.63) is 59.7 Å². The summed E-state index contributed by atoms with van der Waals surface area (Å²) >= 11 is 0. The average Bonchev–Trinajstić information content (AvgIpc) is 2.83. The molecular weight excluding hydrogens is 428 g/mol. The van der Waals surface area contributed by atoms with Gasteiger partial charge in [0, 0.05) is 25.3 Å². The molecule has 0 saturated carbocycles. The first-order valence-corrected chi connectivity index (χ1v) is 10.0. The predicted octanol–water partition coefficient (Wildman–Crippen LogP) is 3.92. The first-order chi connectivity index (χ1) is 16.0. The Bertz CT molecular complexity index is 914. The maximum Gasteiger partial charge on any atom is 0.188 e. The van der Waals surface area contributed by atoms with Crippen LogP contribution in [0.25, 0.3) is 12.2 Å². The second-order valence-corrected chi connectivity index (χ2v) is 6.64. The van der Waals surface area contributed by atoms with Gasteiger partial charge in [-0.3, -0.25) is 9.59 Å². The van der Waals surface area contributed by atoms with Crippen molar-refractivity contribution in [1.82, 2.24) is 0 Å². The topological polar surface area (TPSA) is 89.5 Å². The van der Waals surface area contributed by atoms with Crippen LogP contribution in [0.1, 0.15) is 17.5 Å².